The zero-order chi connectivity index (χ0) is 20.0. The number of aryl methyl sites for hydroxylation is 1. The van der Waals surface area contributed by atoms with Gasteiger partial charge in [-0.05, 0) is 91.9 Å². The minimum Gasteiger partial charge on any atom is -0.508 e. The van der Waals surface area contributed by atoms with E-state index in [0.29, 0.717) is 29.9 Å². The molecule has 3 heteroatoms. The lowest BCUT2D eigenvalue weighted by Gasteiger charge is -2.50. The number of rotatable bonds is 4. The first-order chi connectivity index (χ1) is 14.0. The van der Waals surface area contributed by atoms with Gasteiger partial charge in [-0.25, -0.2) is 0 Å². The summed E-state index contributed by atoms with van der Waals surface area (Å²) in [6.45, 7) is 2.40. The first-order valence-electron chi connectivity index (χ1n) is 12.1. The summed E-state index contributed by atoms with van der Waals surface area (Å²) >= 11 is 0. The number of benzene rings is 1. The third-order valence-corrected chi connectivity index (χ3v) is 9.13. The molecule has 0 radical (unpaired) electrons. The molecule has 29 heavy (non-hydrogen) atoms. The molecule has 4 aliphatic rings. The highest BCUT2D eigenvalue weighted by Crippen LogP contribution is 2.61. The monoisotopic (exact) mass is 396 g/mol. The van der Waals surface area contributed by atoms with Gasteiger partial charge >= 0.3 is 5.97 Å². The maximum atomic E-state index is 12.6. The van der Waals surface area contributed by atoms with E-state index in [9.17, 15) is 9.90 Å². The van der Waals surface area contributed by atoms with E-state index < -0.39 is 0 Å². The molecule has 5 atom stereocenters. The van der Waals surface area contributed by atoms with Gasteiger partial charge in [0.1, 0.15) is 11.9 Å². The summed E-state index contributed by atoms with van der Waals surface area (Å²) in [4.78, 5) is 12.6. The fourth-order valence-corrected chi connectivity index (χ4v) is 7.55. The second-order valence-electron chi connectivity index (χ2n) is 10.6. The van der Waals surface area contributed by atoms with E-state index >= 15 is 0 Å². The minimum atomic E-state index is 0.0513. The zero-order valence-electron chi connectivity index (χ0n) is 17.9. The van der Waals surface area contributed by atoms with Crippen LogP contribution in [0.4, 0.5) is 0 Å². The van der Waals surface area contributed by atoms with E-state index in [2.05, 4.69) is 13.0 Å². The molecule has 3 fully saturated rings. The predicted octanol–water partition coefficient (Wildman–Crippen LogP) is 6.13. The predicted molar refractivity (Wildman–Crippen MR) is 114 cm³/mol. The van der Waals surface area contributed by atoms with Crippen LogP contribution in [0.3, 0.4) is 0 Å². The maximum Gasteiger partial charge on any atom is 0.306 e. The van der Waals surface area contributed by atoms with Crippen molar-refractivity contribution in [1.29, 1.82) is 0 Å². The topological polar surface area (TPSA) is 46.5 Å². The third kappa shape index (κ3) is 3.49. The maximum absolute atomic E-state index is 12.6. The van der Waals surface area contributed by atoms with Gasteiger partial charge in [-0.2, -0.15) is 0 Å². The number of esters is 1. The molecule has 158 valence electrons. The first-order valence-corrected chi connectivity index (χ1v) is 12.1. The van der Waals surface area contributed by atoms with Crippen LogP contribution in [0, 0.1) is 23.2 Å². The van der Waals surface area contributed by atoms with E-state index in [1.54, 1.807) is 0 Å². The standard InChI is InChI=1S/C26H36O3/c1-26-15-14-21-20-10-8-19(27)16-18(20)7-9-22(21)23(26)11-12-24(26)29-25(28)13-6-17-4-2-3-5-17/h8,10,16-17,21-24,27H,2-7,9,11-15H2,1H3/t21-,22-,23-,24+,26+/m0/s1. The molecule has 1 aromatic carbocycles. The molecule has 0 unspecified atom stereocenters. The minimum absolute atomic E-state index is 0.0513. The Morgan fingerprint density at radius 2 is 1.97 bits per heavy atom. The number of phenolic OH excluding ortho intramolecular Hbond substituents is 1. The number of hydrogen-bond donors (Lipinski definition) is 1. The summed E-state index contributed by atoms with van der Waals surface area (Å²) in [5.41, 5.74) is 2.97. The highest BCUT2D eigenvalue weighted by molar-refractivity contribution is 5.69. The summed E-state index contributed by atoms with van der Waals surface area (Å²) in [5.74, 6) is 3.19. The van der Waals surface area contributed by atoms with Gasteiger partial charge in [0.15, 0.2) is 0 Å². The molecule has 5 rings (SSSR count). The van der Waals surface area contributed by atoms with Gasteiger partial charge in [0.05, 0.1) is 0 Å². The van der Waals surface area contributed by atoms with Crippen molar-refractivity contribution in [3.63, 3.8) is 0 Å². The number of carbonyl (C=O) groups excluding carboxylic acids is 1. The second-order valence-corrected chi connectivity index (χ2v) is 10.6. The zero-order valence-corrected chi connectivity index (χ0v) is 17.9. The van der Waals surface area contributed by atoms with Gasteiger partial charge in [0, 0.05) is 11.8 Å². The summed E-state index contributed by atoms with van der Waals surface area (Å²) in [6, 6.07) is 6.00. The number of carbonyl (C=O) groups is 1. The van der Waals surface area contributed by atoms with Crippen molar-refractivity contribution >= 4 is 5.97 Å². The molecule has 3 nitrogen and oxygen atoms in total. The van der Waals surface area contributed by atoms with Crippen molar-refractivity contribution in [1.82, 2.24) is 0 Å². The molecule has 3 saturated carbocycles. The Labute approximate surface area is 175 Å². The first kappa shape index (κ1) is 19.5. The Hall–Kier alpha value is -1.51. The van der Waals surface area contributed by atoms with Crippen LogP contribution in [0.2, 0.25) is 0 Å². The Morgan fingerprint density at radius 3 is 2.79 bits per heavy atom. The number of ether oxygens (including phenoxy) is 1. The largest absolute Gasteiger partial charge is 0.508 e. The van der Waals surface area contributed by atoms with Gasteiger partial charge in [-0.15, -0.1) is 0 Å². The van der Waals surface area contributed by atoms with E-state index in [-0.39, 0.29) is 17.5 Å². The average molecular weight is 397 g/mol. The molecule has 4 aliphatic carbocycles. The van der Waals surface area contributed by atoms with Crippen molar-refractivity contribution in [2.24, 2.45) is 23.2 Å². The SMILES string of the molecule is C[C@@]12CC[C@H]3c4ccc(O)cc4CC[C@@H]3[C@@H]1CC[C@H]2OC(=O)CCC1CCCC1. The molecular formula is C26H36O3. The molecule has 0 aliphatic heterocycles. The fourth-order valence-electron chi connectivity index (χ4n) is 7.55. The highest BCUT2D eigenvalue weighted by atomic mass is 16.5. The lowest BCUT2D eigenvalue weighted by molar-refractivity contribution is -0.157. The molecule has 0 amide bonds. The lowest BCUT2D eigenvalue weighted by Crippen LogP contribution is -2.45. The van der Waals surface area contributed by atoms with Crippen LogP contribution in [0.5, 0.6) is 5.75 Å². The molecular weight excluding hydrogens is 360 g/mol. The van der Waals surface area contributed by atoms with Gasteiger partial charge in [-0.3, -0.25) is 4.79 Å². The molecule has 0 heterocycles. The molecule has 1 N–H and O–H groups in total. The van der Waals surface area contributed by atoms with E-state index in [1.165, 1.54) is 56.1 Å². The van der Waals surface area contributed by atoms with Crippen molar-refractivity contribution < 1.29 is 14.6 Å². The van der Waals surface area contributed by atoms with Crippen LogP contribution < -0.4 is 0 Å². The number of fused-ring (bicyclic) bond motifs is 5. The van der Waals surface area contributed by atoms with Crippen LogP contribution >= 0.6 is 0 Å². The van der Waals surface area contributed by atoms with Crippen LogP contribution in [-0.2, 0) is 16.0 Å². The van der Waals surface area contributed by atoms with Crippen LogP contribution in [0.25, 0.3) is 0 Å². The van der Waals surface area contributed by atoms with E-state index in [0.717, 1.165) is 31.6 Å². The summed E-state index contributed by atoms with van der Waals surface area (Å²) in [6.07, 6.45) is 13.9. The number of phenols is 1. The summed E-state index contributed by atoms with van der Waals surface area (Å²) in [7, 11) is 0. The highest BCUT2D eigenvalue weighted by Gasteiger charge is 2.56. The number of hydrogen-bond acceptors (Lipinski definition) is 3. The molecule has 0 spiro atoms. The Morgan fingerprint density at radius 1 is 1.14 bits per heavy atom. The van der Waals surface area contributed by atoms with Gasteiger partial charge < -0.3 is 9.84 Å². The van der Waals surface area contributed by atoms with E-state index in [1.807, 2.05) is 12.1 Å². The van der Waals surface area contributed by atoms with E-state index in [4.69, 9.17) is 4.74 Å². The fraction of sp³-hybridized carbons (Fsp3) is 0.731. The second kappa shape index (κ2) is 7.63. The van der Waals surface area contributed by atoms with Gasteiger partial charge in [0.2, 0.25) is 0 Å². The molecule has 0 saturated heterocycles. The average Bonchev–Trinajstić information content (AvgIpc) is 3.34. The summed E-state index contributed by atoms with van der Waals surface area (Å²) < 4.78 is 6.14. The van der Waals surface area contributed by atoms with Crippen molar-refractivity contribution in [3.8, 4) is 5.75 Å². The Bertz CT molecular complexity index is 765. The smallest absolute Gasteiger partial charge is 0.306 e. The van der Waals surface area contributed by atoms with Gasteiger partial charge in [-0.1, -0.05) is 38.7 Å². The molecule has 1 aromatic rings. The Balaban J connectivity index is 1.25. The lowest BCUT2D eigenvalue weighted by atomic mass is 9.55. The van der Waals surface area contributed by atoms with Crippen LogP contribution in [0.1, 0.15) is 94.6 Å². The quantitative estimate of drug-likeness (QED) is 0.623. The summed E-state index contributed by atoms with van der Waals surface area (Å²) in [5, 5.41) is 9.86. The van der Waals surface area contributed by atoms with Crippen molar-refractivity contribution in [3.05, 3.63) is 29.3 Å². The van der Waals surface area contributed by atoms with Crippen LogP contribution in [0.15, 0.2) is 18.2 Å². The Kier molecular flexibility index (Phi) is 5.12. The third-order valence-electron chi connectivity index (χ3n) is 9.13. The van der Waals surface area contributed by atoms with Gasteiger partial charge in [0.25, 0.3) is 0 Å². The molecule has 0 bridgehead atoms. The van der Waals surface area contributed by atoms with Crippen molar-refractivity contribution in [2.75, 3.05) is 0 Å². The van der Waals surface area contributed by atoms with Crippen molar-refractivity contribution in [2.45, 2.75) is 96.0 Å². The van der Waals surface area contributed by atoms with Crippen LogP contribution in [-0.4, -0.2) is 17.2 Å². The molecule has 0 aromatic heterocycles. The normalized spacial score (nSPS) is 36.3. The number of aromatic hydroxyl groups is 1.